The zero-order chi connectivity index (χ0) is 19.4. The van der Waals surface area contributed by atoms with Gasteiger partial charge in [0, 0.05) is 26.2 Å². The van der Waals surface area contributed by atoms with Gasteiger partial charge in [-0.3, -0.25) is 0 Å². The topological polar surface area (TPSA) is 27.7 Å². The molecule has 28 heavy (non-hydrogen) atoms. The Morgan fingerprint density at radius 2 is 1.00 bits per heavy atom. The molecule has 5 aromatic rings. The van der Waals surface area contributed by atoms with Crippen LogP contribution in [0, 0.1) is 6.92 Å². The normalized spacial score (nSPS) is 11.6. The van der Waals surface area contributed by atoms with E-state index < -0.39 is 0 Å². The number of hydrogen-bond acceptors (Lipinski definition) is 4. The van der Waals surface area contributed by atoms with Crippen LogP contribution in [-0.4, -0.2) is 21.3 Å². The standard InChI is InChI=1S/C24H20O3S/c1-13-14-9-5-6-10-15(14)20(25-2)18-19-21(26-3)16-11-7-8-12-17(16)22(27-4)24(19)28-23(13)18/h5-12H,1-4H3. The molecule has 4 aromatic carbocycles. The molecule has 1 aromatic heterocycles. The van der Waals surface area contributed by atoms with Crippen molar-refractivity contribution >= 4 is 53.1 Å². The largest absolute Gasteiger partial charge is 0.495 e. The van der Waals surface area contributed by atoms with Crippen molar-refractivity contribution in [1.82, 2.24) is 0 Å². The number of benzene rings is 4. The van der Waals surface area contributed by atoms with Crippen molar-refractivity contribution < 1.29 is 14.2 Å². The van der Waals surface area contributed by atoms with E-state index in [1.807, 2.05) is 12.1 Å². The Hall–Kier alpha value is -2.98. The minimum atomic E-state index is 0.866. The van der Waals surface area contributed by atoms with E-state index in [4.69, 9.17) is 14.2 Å². The van der Waals surface area contributed by atoms with Crippen LogP contribution in [0.15, 0.2) is 48.5 Å². The summed E-state index contributed by atoms with van der Waals surface area (Å²) in [5, 5.41) is 6.58. The number of ether oxygens (including phenoxy) is 3. The fraction of sp³-hybridized carbons (Fsp3) is 0.167. The summed E-state index contributed by atoms with van der Waals surface area (Å²) in [7, 11) is 5.21. The molecular formula is C24H20O3S. The van der Waals surface area contributed by atoms with E-state index in [1.54, 1.807) is 32.7 Å². The van der Waals surface area contributed by atoms with Crippen molar-refractivity contribution in [2.45, 2.75) is 6.92 Å². The van der Waals surface area contributed by atoms with Crippen LogP contribution in [0.1, 0.15) is 5.56 Å². The fourth-order valence-corrected chi connectivity index (χ4v) is 5.66. The van der Waals surface area contributed by atoms with Crippen molar-refractivity contribution in [2.24, 2.45) is 0 Å². The van der Waals surface area contributed by atoms with E-state index in [2.05, 4.69) is 43.3 Å². The summed E-state index contributed by atoms with van der Waals surface area (Å²) in [6, 6.07) is 16.6. The molecule has 0 radical (unpaired) electrons. The SMILES string of the molecule is COc1c2ccccc2c(OC)c2c1sc1c(C)c3ccccc3c(OC)c12. The van der Waals surface area contributed by atoms with Crippen molar-refractivity contribution in [3.05, 3.63) is 54.1 Å². The Kier molecular flexibility index (Phi) is 3.84. The molecule has 0 aliphatic rings. The first-order valence-electron chi connectivity index (χ1n) is 9.15. The van der Waals surface area contributed by atoms with Gasteiger partial charge in [0.2, 0.25) is 0 Å². The first-order valence-corrected chi connectivity index (χ1v) is 9.97. The molecule has 0 saturated carbocycles. The number of hydrogen-bond donors (Lipinski definition) is 0. The summed E-state index contributed by atoms with van der Waals surface area (Å²) in [5.74, 6) is 2.64. The summed E-state index contributed by atoms with van der Waals surface area (Å²) >= 11 is 1.74. The second-order valence-electron chi connectivity index (χ2n) is 6.83. The lowest BCUT2D eigenvalue weighted by molar-refractivity contribution is 0.417. The van der Waals surface area contributed by atoms with Crippen molar-refractivity contribution in [3.8, 4) is 17.2 Å². The number of methoxy groups -OCH3 is 3. The lowest BCUT2D eigenvalue weighted by atomic mass is 9.98. The summed E-state index contributed by atoms with van der Waals surface area (Å²) in [6.45, 7) is 2.18. The molecule has 0 N–H and O–H groups in total. The van der Waals surface area contributed by atoms with Crippen molar-refractivity contribution in [2.75, 3.05) is 21.3 Å². The van der Waals surface area contributed by atoms with Gasteiger partial charge in [0.1, 0.15) is 17.2 Å². The Labute approximate surface area is 167 Å². The molecule has 0 amide bonds. The van der Waals surface area contributed by atoms with E-state index in [9.17, 15) is 0 Å². The van der Waals surface area contributed by atoms with Gasteiger partial charge in [-0.1, -0.05) is 48.5 Å². The molecule has 0 bridgehead atoms. The van der Waals surface area contributed by atoms with Gasteiger partial charge in [0.25, 0.3) is 0 Å². The lowest BCUT2D eigenvalue weighted by Gasteiger charge is -2.14. The predicted molar refractivity (Wildman–Crippen MR) is 119 cm³/mol. The maximum absolute atomic E-state index is 5.96. The van der Waals surface area contributed by atoms with Crippen molar-refractivity contribution in [1.29, 1.82) is 0 Å². The third-order valence-electron chi connectivity index (χ3n) is 5.51. The molecule has 4 heteroatoms. The molecule has 5 rings (SSSR count). The Morgan fingerprint density at radius 1 is 0.571 bits per heavy atom. The second-order valence-corrected chi connectivity index (χ2v) is 7.85. The first-order chi connectivity index (χ1) is 13.7. The van der Waals surface area contributed by atoms with E-state index in [0.717, 1.165) is 48.9 Å². The minimum absolute atomic E-state index is 0.866. The maximum atomic E-state index is 5.96. The van der Waals surface area contributed by atoms with Gasteiger partial charge >= 0.3 is 0 Å². The molecule has 140 valence electrons. The second kappa shape index (κ2) is 6.28. The quantitative estimate of drug-likeness (QED) is 0.344. The summed E-state index contributed by atoms with van der Waals surface area (Å²) in [5.41, 5.74) is 1.25. The van der Waals surface area contributed by atoms with Crippen molar-refractivity contribution in [3.63, 3.8) is 0 Å². The summed E-state index contributed by atoms with van der Waals surface area (Å²) in [6.07, 6.45) is 0. The van der Waals surface area contributed by atoms with Gasteiger partial charge in [0.05, 0.1) is 31.4 Å². The Morgan fingerprint density at radius 3 is 1.54 bits per heavy atom. The van der Waals surface area contributed by atoms with Crippen LogP contribution in [0.3, 0.4) is 0 Å². The molecule has 0 atom stereocenters. The monoisotopic (exact) mass is 388 g/mol. The van der Waals surface area contributed by atoms with E-state index in [-0.39, 0.29) is 0 Å². The summed E-state index contributed by atoms with van der Waals surface area (Å²) in [4.78, 5) is 0. The van der Waals surface area contributed by atoms with Gasteiger partial charge in [-0.2, -0.15) is 0 Å². The molecule has 3 nitrogen and oxygen atoms in total. The predicted octanol–water partition coefficient (Wildman–Crippen LogP) is 6.70. The van der Waals surface area contributed by atoms with Gasteiger partial charge in [-0.25, -0.2) is 0 Å². The minimum Gasteiger partial charge on any atom is -0.495 e. The highest BCUT2D eigenvalue weighted by Crippen LogP contribution is 2.54. The molecular weight excluding hydrogens is 368 g/mol. The third kappa shape index (κ3) is 2.09. The van der Waals surface area contributed by atoms with Crippen LogP contribution in [0.5, 0.6) is 17.2 Å². The average molecular weight is 388 g/mol. The lowest BCUT2D eigenvalue weighted by Crippen LogP contribution is -1.92. The van der Waals surface area contributed by atoms with Crippen LogP contribution in [0.25, 0.3) is 41.7 Å². The number of thiophene rings is 1. The fourth-order valence-electron chi connectivity index (χ4n) is 4.32. The van der Waals surface area contributed by atoms with Crippen LogP contribution in [0.4, 0.5) is 0 Å². The Bertz CT molecular complexity index is 1380. The highest BCUT2D eigenvalue weighted by Gasteiger charge is 2.24. The van der Waals surface area contributed by atoms with E-state index >= 15 is 0 Å². The highest BCUT2D eigenvalue weighted by molar-refractivity contribution is 7.26. The van der Waals surface area contributed by atoms with Gasteiger partial charge < -0.3 is 14.2 Å². The van der Waals surface area contributed by atoms with Crippen LogP contribution < -0.4 is 14.2 Å². The molecule has 1 heterocycles. The van der Waals surface area contributed by atoms with Gasteiger partial charge in [-0.15, -0.1) is 11.3 Å². The van der Waals surface area contributed by atoms with E-state index in [1.165, 1.54) is 15.6 Å². The van der Waals surface area contributed by atoms with Crippen LogP contribution >= 0.6 is 11.3 Å². The third-order valence-corrected chi connectivity index (χ3v) is 6.82. The molecule has 0 spiro atoms. The zero-order valence-electron chi connectivity index (χ0n) is 16.3. The Balaban J connectivity index is 2.17. The maximum Gasteiger partial charge on any atom is 0.144 e. The molecule has 0 aliphatic heterocycles. The highest BCUT2D eigenvalue weighted by atomic mass is 32.1. The van der Waals surface area contributed by atoms with Gasteiger partial charge in [-0.05, 0) is 17.9 Å². The zero-order valence-corrected chi connectivity index (χ0v) is 17.1. The molecule has 0 unspecified atom stereocenters. The number of rotatable bonds is 3. The van der Waals surface area contributed by atoms with Crippen LogP contribution in [-0.2, 0) is 0 Å². The molecule has 0 aliphatic carbocycles. The molecule has 0 saturated heterocycles. The smallest absolute Gasteiger partial charge is 0.144 e. The molecule has 0 fully saturated rings. The first kappa shape index (κ1) is 17.1. The number of fused-ring (bicyclic) bond motifs is 5. The van der Waals surface area contributed by atoms with Crippen LogP contribution in [0.2, 0.25) is 0 Å². The summed E-state index contributed by atoms with van der Waals surface area (Å²) < 4.78 is 20.1. The number of aryl methyl sites for hydroxylation is 1. The van der Waals surface area contributed by atoms with Gasteiger partial charge in [0.15, 0.2) is 0 Å². The van der Waals surface area contributed by atoms with E-state index in [0.29, 0.717) is 0 Å². The average Bonchev–Trinajstić information content (AvgIpc) is 3.13.